The molecule has 0 bridgehead atoms. The molecule has 1 aliphatic heterocycles. The predicted octanol–water partition coefficient (Wildman–Crippen LogP) is 15.1. The maximum absolute atomic E-state index is 10.8. The van der Waals surface area contributed by atoms with Gasteiger partial charge in [-0.15, -0.1) is 19.3 Å². The molecule has 3 aliphatic rings. The Bertz CT molecular complexity index is 4340. The highest BCUT2D eigenvalue weighted by Crippen LogP contribution is 2.53. The lowest BCUT2D eigenvalue weighted by atomic mass is 9.77. The lowest BCUT2D eigenvalue weighted by molar-refractivity contribution is 0.145. The second-order valence-corrected chi connectivity index (χ2v) is 21.0. The lowest BCUT2D eigenvalue weighted by Gasteiger charge is -2.38. The van der Waals surface area contributed by atoms with Crippen LogP contribution in [0.3, 0.4) is 0 Å². The Morgan fingerprint density at radius 3 is 1.38 bits per heavy atom. The number of hydrogen-bond donors (Lipinski definition) is 2. The number of phenolic OH excluding ortho intramolecular Hbond substituents is 1. The standard InChI is InChI=1S/C37H32O5.C19H16O2.C17H16O3.C6H2/c1-38-26-14-10-24(11-15-26)37(25-12-16-27(39-2)17-13-25)20-19-30-29-18-9-23-7-5-6-8-28(23)35(29)31-21-33(40-3)34(41-4)22-32(31)36(30)42-37;1-21-14-8-9-16-17(11-14)18(20)10-13-7-6-12-4-2-3-5-15(12)19(13)16;1-4-17(18,13-5-9-15(19-2)10-6-13)14-7-11-16(20-3)12-8-14;1-3-5-6-4-2/h5-8,10-17,19-22H,9,18H2,1-4H3;2-5,8-11,20H,6-7H2,1H3;1,5-12,18H,2-3H3;1-2H. The molecule has 2 N–H and O–H groups in total. The minimum Gasteiger partial charge on any atom is -0.507 e. The molecule has 0 aromatic heterocycles. The number of methoxy groups -OCH3 is 7. The van der Waals surface area contributed by atoms with Crippen molar-refractivity contribution < 1.29 is 48.1 Å². The number of hydrogen-bond acceptors (Lipinski definition) is 10. The molecule has 13 rings (SSSR count). The highest BCUT2D eigenvalue weighted by Gasteiger charge is 2.40. The normalized spacial score (nSPS) is 12.4. The SMILES string of the molecule is C#CC#CC#C.C#CC(O)(c1ccc(OC)cc1)c1ccc(OC)cc1.COc1ccc(C2(c3ccc(OC)cc3)C=Cc3c4c(c5cc(OC)c(OC)cc5c3O2)-c2ccccc2CC4)cc1.COc1ccc2c3c(cc(O)c2c1)CCc1ccccc1-3. The van der Waals surface area contributed by atoms with Crippen LogP contribution in [0.5, 0.6) is 51.7 Å². The second kappa shape index (κ2) is 27.1. The van der Waals surface area contributed by atoms with Gasteiger partial charge in [0.25, 0.3) is 0 Å². The van der Waals surface area contributed by atoms with Crippen molar-refractivity contribution in [2.75, 3.05) is 49.8 Å². The van der Waals surface area contributed by atoms with E-state index < -0.39 is 11.2 Å². The fourth-order valence-corrected chi connectivity index (χ4v) is 11.9. The Balaban J connectivity index is 0.000000155. The quantitative estimate of drug-likeness (QED) is 0.121. The van der Waals surface area contributed by atoms with Crippen molar-refractivity contribution in [1.82, 2.24) is 0 Å². The molecule has 0 amide bonds. The molecule has 0 radical (unpaired) electrons. The summed E-state index contributed by atoms with van der Waals surface area (Å²) in [5, 5.41) is 25.1. The van der Waals surface area contributed by atoms with Gasteiger partial charge in [0.2, 0.25) is 0 Å². The van der Waals surface area contributed by atoms with E-state index in [0.29, 0.717) is 39.9 Å². The zero-order valence-electron chi connectivity index (χ0n) is 50.7. The number of fused-ring (bicyclic) bond motifs is 13. The van der Waals surface area contributed by atoms with Gasteiger partial charge in [0.05, 0.1) is 49.8 Å². The first-order valence-electron chi connectivity index (χ1n) is 28.7. The van der Waals surface area contributed by atoms with Crippen LogP contribution in [-0.2, 0) is 36.9 Å². The molecule has 0 unspecified atom stereocenters. The summed E-state index contributed by atoms with van der Waals surface area (Å²) >= 11 is 0. The van der Waals surface area contributed by atoms with Gasteiger partial charge in [-0.25, -0.2) is 0 Å². The van der Waals surface area contributed by atoms with E-state index >= 15 is 0 Å². The van der Waals surface area contributed by atoms with Crippen LogP contribution >= 0.6 is 0 Å². The molecule has 89 heavy (non-hydrogen) atoms. The van der Waals surface area contributed by atoms with Crippen LogP contribution in [0.15, 0.2) is 188 Å². The largest absolute Gasteiger partial charge is 0.507 e. The number of aliphatic hydroxyl groups is 1. The van der Waals surface area contributed by atoms with Crippen LogP contribution in [0.1, 0.15) is 50.1 Å². The summed E-state index contributed by atoms with van der Waals surface area (Å²) in [6.45, 7) is 0. The van der Waals surface area contributed by atoms with Crippen molar-refractivity contribution in [2.24, 2.45) is 0 Å². The van der Waals surface area contributed by atoms with Crippen LogP contribution < -0.4 is 37.9 Å². The first-order chi connectivity index (χ1) is 43.4. The van der Waals surface area contributed by atoms with Crippen LogP contribution in [0, 0.1) is 48.9 Å². The van der Waals surface area contributed by atoms with Gasteiger partial charge in [-0.05, 0) is 196 Å². The summed E-state index contributed by atoms with van der Waals surface area (Å²) < 4.78 is 45.3. The monoisotopic (exact) mass is 1170 g/mol. The molecule has 10 aromatic rings. The molecule has 0 fully saturated rings. The van der Waals surface area contributed by atoms with Gasteiger partial charge in [0.1, 0.15) is 40.2 Å². The zero-order valence-corrected chi connectivity index (χ0v) is 50.7. The number of ether oxygens (including phenoxy) is 8. The number of benzene rings is 10. The van der Waals surface area contributed by atoms with Crippen molar-refractivity contribution in [3.05, 3.63) is 238 Å². The number of rotatable bonds is 11. The third-order valence-electron chi connectivity index (χ3n) is 16.4. The Hall–Kier alpha value is -11.1. The van der Waals surface area contributed by atoms with E-state index in [1.165, 1.54) is 44.5 Å². The Kier molecular flexibility index (Phi) is 18.5. The smallest absolute Gasteiger partial charge is 0.178 e. The van der Waals surface area contributed by atoms with E-state index in [1.807, 2.05) is 42.5 Å². The first-order valence-corrected chi connectivity index (χ1v) is 28.7. The summed E-state index contributed by atoms with van der Waals surface area (Å²) in [5.41, 5.74) is 12.3. The van der Waals surface area contributed by atoms with Crippen molar-refractivity contribution in [3.63, 3.8) is 0 Å². The van der Waals surface area contributed by atoms with Crippen LogP contribution in [0.4, 0.5) is 0 Å². The van der Waals surface area contributed by atoms with E-state index in [0.717, 1.165) is 86.9 Å². The summed E-state index contributed by atoms with van der Waals surface area (Å²) in [6, 6.07) is 59.5. The maximum Gasteiger partial charge on any atom is 0.178 e. The molecule has 10 nitrogen and oxygen atoms in total. The molecule has 10 heteroatoms. The number of phenols is 1. The Morgan fingerprint density at radius 2 is 0.899 bits per heavy atom. The molecule has 442 valence electrons. The molecule has 0 spiro atoms. The molecule has 1 heterocycles. The van der Waals surface area contributed by atoms with Gasteiger partial charge in [0.15, 0.2) is 22.7 Å². The summed E-state index contributed by atoms with van der Waals surface area (Å²) in [7, 11) is 11.5. The topological polar surface area (TPSA) is 114 Å². The van der Waals surface area contributed by atoms with E-state index in [9.17, 15) is 10.2 Å². The zero-order chi connectivity index (χ0) is 62.7. The Labute approximate surface area is 520 Å². The highest BCUT2D eigenvalue weighted by atomic mass is 16.5. The first kappa shape index (κ1) is 61.0. The fourth-order valence-electron chi connectivity index (χ4n) is 11.9. The Morgan fingerprint density at radius 1 is 0.449 bits per heavy atom. The average Bonchev–Trinajstić information content (AvgIpc) is 1.46. The third-order valence-corrected chi connectivity index (χ3v) is 16.4. The lowest BCUT2D eigenvalue weighted by Crippen LogP contribution is -2.34. The van der Waals surface area contributed by atoms with Crippen LogP contribution in [-0.4, -0.2) is 60.0 Å². The van der Waals surface area contributed by atoms with Gasteiger partial charge in [-0.1, -0.05) is 109 Å². The van der Waals surface area contributed by atoms with Gasteiger partial charge in [-0.2, -0.15) is 0 Å². The maximum atomic E-state index is 10.8. The fraction of sp³-hybridized carbons (Fsp3) is 0.165. The number of aryl methyl sites for hydroxylation is 3. The molecular formula is C79H66O10. The van der Waals surface area contributed by atoms with Gasteiger partial charge >= 0.3 is 0 Å². The minimum atomic E-state index is -1.47. The summed E-state index contributed by atoms with van der Waals surface area (Å²) in [4.78, 5) is 0. The molecule has 0 atom stereocenters. The second-order valence-electron chi connectivity index (χ2n) is 21.0. The minimum absolute atomic E-state index is 0.335. The van der Waals surface area contributed by atoms with Gasteiger partial charge in [0, 0.05) is 38.6 Å². The van der Waals surface area contributed by atoms with Crippen molar-refractivity contribution in [1.29, 1.82) is 0 Å². The highest BCUT2D eigenvalue weighted by molar-refractivity contribution is 6.08. The molecule has 2 aliphatic carbocycles. The average molecular weight is 1180 g/mol. The predicted molar refractivity (Wildman–Crippen MR) is 355 cm³/mol. The summed E-state index contributed by atoms with van der Waals surface area (Å²) in [5.74, 6) is 17.4. The molecule has 0 saturated carbocycles. The molecular weight excluding hydrogens is 1110 g/mol. The number of aromatic hydroxyl groups is 1. The molecule has 10 aromatic carbocycles. The third kappa shape index (κ3) is 12.1. The van der Waals surface area contributed by atoms with E-state index in [-0.39, 0.29) is 0 Å². The van der Waals surface area contributed by atoms with E-state index in [4.69, 9.17) is 57.2 Å². The van der Waals surface area contributed by atoms with E-state index in [1.54, 1.807) is 98.3 Å². The number of terminal acetylenes is 3. The van der Waals surface area contributed by atoms with Crippen LogP contribution in [0.2, 0.25) is 0 Å². The molecule has 0 saturated heterocycles. The van der Waals surface area contributed by atoms with E-state index in [2.05, 4.69) is 133 Å². The van der Waals surface area contributed by atoms with Crippen molar-refractivity contribution in [3.8, 4) is 123 Å². The summed E-state index contributed by atoms with van der Waals surface area (Å²) in [6.07, 6.45) is 23.3. The van der Waals surface area contributed by atoms with Crippen molar-refractivity contribution >= 4 is 27.6 Å². The van der Waals surface area contributed by atoms with Gasteiger partial charge in [-0.3, -0.25) is 0 Å². The van der Waals surface area contributed by atoms with Gasteiger partial charge < -0.3 is 48.1 Å². The van der Waals surface area contributed by atoms with Crippen molar-refractivity contribution in [2.45, 2.75) is 36.9 Å². The van der Waals surface area contributed by atoms with Crippen LogP contribution in [0.25, 0.3) is 49.9 Å².